The number of carboxylic acids is 1. The molecule has 1 atom stereocenters. The van der Waals surface area contributed by atoms with Crippen LogP contribution in [-0.4, -0.2) is 39.0 Å². The minimum atomic E-state index is -1.61. The first kappa shape index (κ1) is 25.7. The zero-order chi connectivity index (χ0) is 28.2. The highest BCUT2D eigenvalue weighted by Gasteiger charge is 2.46. The molecule has 8 nitrogen and oxygen atoms in total. The van der Waals surface area contributed by atoms with Gasteiger partial charge in [-0.2, -0.15) is 0 Å². The molecule has 0 aliphatic heterocycles. The molecule has 0 spiro atoms. The summed E-state index contributed by atoms with van der Waals surface area (Å²) >= 11 is 0. The van der Waals surface area contributed by atoms with Gasteiger partial charge in [0.25, 0.3) is 0 Å². The Morgan fingerprint density at radius 3 is 2.15 bits per heavy atom. The summed E-state index contributed by atoms with van der Waals surface area (Å²) in [7, 11) is 0. The maximum Gasteiger partial charge on any atom is 0.419 e. The maximum atomic E-state index is 13.4. The number of nitrogens with one attached hydrogen (secondary N) is 1. The molecule has 40 heavy (non-hydrogen) atoms. The lowest BCUT2D eigenvalue weighted by atomic mass is 9.79. The van der Waals surface area contributed by atoms with Gasteiger partial charge < -0.3 is 19.9 Å². The monoisotopic (exact) mass is 538 g/mol. The first-order valence-corrected chi connectivity index (χ1v) is 13.3. The molecule has 0 saturated carbocycles. The van der Waals surface area contributed by atoms with Crippen molar-refractivity contribution in [1.29, 1.82) is 0 Å². The van der Waals surface area contributed by atoms with Crippen LogP contribution in [0.2, 0.25) is 0 Å². The zero-order valence-electron chi connectivity index (χ0n) is 22.6. The number of benzene rings is 3. The molecule has 2 aliphatic carbocycles. The van der Waals surface area contributed by atoms with Crippen molar-refractivity contribution >= 4 is 29.1 Å². The number of fused-ring (bicyclic) bond motifs is 6. The highest BCUT2D eigenvalue weighted by molar-refractivity contribution is 5.96. The van der Waals surface area contributed by atoms with Crippen LogP contribution in [0, 0.1) is 0 Å². The van der Waals surface area contributed by atoms with Crippen molar-refractivity contribution in [2.45, 2.75) is 57.3 Å². The Bertz CT molecular complexity index is 1630. The van der Waals surface area contributed by atoms with Crippen LogP contribution in [0.1, 0.15) is 55.7 Å². The van der Waals surface area contributed by atoms with Gasteiger partial charge in [-0.25, -0.2) is 19.0 Å². The fraction of sp³-hybridized carbons (Fsp3) is 0.281. The molecule has 0 fully saturated rings. The molecule has 0 bridgehead atoms. The number of carboxylic acid groups (broad SMARTS) is 1. The summed E-state index contributed by atoms with van der Waals surface area (Å²) in [5.41, 5.74) is 3.42. The molecule has 1 heterocycles. The Kier molecular flexibility index (Phi) is 5.94. The summed E-state index contributed by atoms with van der Waals surface area (Å²) in [5, 5.41) is 13.9. The smallest absolute Gasteiger partial charge is 0.419 e. The molecular weight excluding hydrogens is 508 g/mol. The molecule has 8 heteroatoms. The molecule has 3 aromatic carbocycles. The third-order valence-corrected chi connectivity index (χ3v) is 7.68. The van der Waals surface area contributed by atoms with Gasteiger partial charge in [0, 0.05) is 28.6 Å². The predicted octanol–water partition coefficient (Wildman–Crippen LogP) is 6.23. The van der Waals surface area contributed by atoms with E-state index < -0.39 is 35.4 Å². The Morgan fingerprint density at radius 1 is 0.925 bits per heavy atom. The molecule has 1 aromatic heterocycles. The molecule has 1 amide bonds. The third kappa shape index (κ3) is 4.20. The van der Waals surface area contributed by atoms with Gasteiger partial charge in [-0.05, 0) is 56.4 Å². The van der Waals surface area contributed by atoms with E-state index in [4.69, 9.17) is 9.47 Å². The van der Waals surface area contributed by atoms with E-state index in [0.717, 1.165) is 27.6 Å². The van der Waals surface area contributed by atoms with Crippen molar-refractivity contribution in [2.24, 2.45) is 0 Å². The molecular formula is C32H30N2O6. The van der Waals surface area contributed by atoms with Crippen molar-refractivity contribution in [3.8, 4) is 11.1 Å². The van der Waals surface area contributed by atoms with Crippen LogP contribution in [-0.2, 0) is 27.1 Å². The number of hydrogen-bond acceptors (Lipinski definition) is 5. The van der Waals surface area contributed by atoms with Gasteiger partial charge in [0.05, 0.1) is 5.52 Å². The highest BCUT2D eigenvalue weighted by Crippen LogP contribution is 2.45. The fourth-order valence-electron chi connectivity index (χ4n) is 5.97. The Balaban J connectivity index is 1.32. The standard InChI is InChI=1S/C32H30N2O6/c1-31(2,3)40-30(38)34-25-15-9-8-12-21(25)24-18-32(28(35)36,17-16-26(24)34)33-29(37)39-27-22-13-6-4-10-19(22)20-11-5-7-14-23(20)27/h4-15,27H,16-18H2,1-3H3,(H,33,37)(H,35,36)/t32-/m1/s1. The van der Waals surface area contributed by atoms with Crippen molar-refractivity contribution in [1.82, 2.24) is 9.88 Å². The summed E-state index contributed by atoms with van der Waals surface area (Å²) in [6.45, 7) is 5.40. The Morgan fingerprint density at radius 2 is 1.52 bits per heavy atom. The van der Waals surface area contributed by atoms with Gasteiger partial charge in [0.1, 0.15) is 11.1 Å². The molecule has 2 N–H and O–H groups in total. The van der Waals surface area contributed by atoms with Gasteiger partial charge in [0.2, 0.25) is 0 Å². The molecule has 2 aliphatic rings. The topological polar surface area (TPSA) is 107 Å². The van der Waals surface area contributed by atoms with Gasteiger partial charge in [-0.3, -0.25) is 0 Å². The van der Waals surface area contributed by atoms with E-state index in [1.54, 1.807) is 20.8 Å². The van der Waals surface area contributed by atoms with Crippen molar-refractivity contribution in [3.05, 3.63) is 95.2 Å². The van der Waals surface area contributed by atoms with E-state index in [2.05, 4.69) is 5.32 Å². The molecule has 6 rings (SSSR count). The number of carbonyl (C=O) groups is 3. The molecule has 0 unspecified atom stereocenters. The van der Waals surface area contributed by atoms with E-state index in [0.29, 0.717) is 16.8 Å². The number of alkyl carbamates (subject to hydrolysis) is 1. The molecule has 0 radical (unpaired) electrons. The van der Waals surface area contributed by atoms with E-state index in [1.165, 1.54) is 4.57 Å². The van der Waals surface area contributed by atoms with Crippen LogP contribution < -0.4 is 5.32 Å². The summed E-state index contributed by atoms with van der Waals surface area (Å²) < 4.78 is 13.1. The minimum absolute atomic E-state index is 0.000911. The quantitative estimate of drug-likeness (QED) is 0.320. The van der Waals surface area contributed by atoms with E-state index >= 15 is 0 Å². The Hall–Kier alpha value is -4.59. The number of rotatable bonds is 3. The lowest BCUT2D eigenvalue weighted by Gasteiger charge is -2.34. The fourth-order valence-corrected chi connectivity index (χ4v) is 5.97. The number of carbonyl (C=O) groups excluding carboxylic acids is 2. The normalized spacial score (nSPS) is 18.0. The highest BCUT2D eigenvalue weighted by atomic mass is 16.6. The zero-order valence-corrected chi connectivity index (χ0v) is 22.6. The minimum Gasteiger partial charge on any atom is -0.479 e. The van der Waals surface area contributed by atoms with Crippen molar-refractivity contribution < 1.29 is 29.0 Å². The van der Waals surface area contributed by atoms with Crippen LogP contribution in [0.15, 0.2) is 72.8 Å². The van der Waals surface area contributed by atoms with Gasteiger partial charge in [-0.15, -0.1) is 0 Å². The first-order valence-electron chi connectivity index (χ1n) is 13.3. The van der Waals surface area contributed by atoms with E-state index in [9.17, 15) is 19.5 Å². The summed E-state index contributed by atoms with van der Waals surface area (Å²) in [6, 6.07) is 22.8. The van der Waals surface area contributed by atoms with Crippen molar-refractivity contribution in [3.63, 3.8) is 0 Å². The van der Waals surface area contributed by atoms with Crippen LogP contribution in [0.3, 0.4) is 0 Å². The number of para-hydroxylation sites is 1. The van der Waals surface area contributed by atoms with E-state index in [1.807, 2.05) is 72.8 Å². The second-order valence-electron chi connectivity index (χ2n) is 11.4. The molecule has 4 aromatic rings. The number of aromatic nitrogens is 1. The van der Waals surface area contributed by atoms with Crippen molar-refractivity contribution in [2.75, 3.05) is 0 Å². The lowest BCUT2D eigenvalue weighted by Crippen LogP contribution is -2.58. The number of aliphatic carboxylic acids is 1. The average molecular weight is 539 g/mol. The third-order valence-electron chi connectivity index (χ3n) is 7.68. The molecule has 204 valence electrons. The van der Waals surface area contributed by atoms with Crippen LogP contribution in [0.5, 0.6) is 0 Å². The number of ether oxygens (including phenoxy) is 2. The van der Waals surface area contributed by atoms with E-state index in [-0.39, 0.29) is 19.3 Å². The summed E-state index contributed by atoms with van der Waals surface area (Å²) in [5.74, 6) is -1.16. The van der Waals surface area contributed by atoms with Crippen LogP contribution in [0.25, 0.3) is 22.0 Å². The summed E-state index contributed by atoms with van der Waals surface area (Å²) in [4.78, 5) is 39.3. The number of amides is 1. The SMILES string of the molecule is CC(C)(C)OC(=O)n1c2c(c3ccccc31)C[C@@](NC(=O)OC1c3ccccc3-c3ccccc31)(C(=O)O)CC2. The number of hydrogen-bond donors (Lipinski definition) is 2. The summed E-state index contributed by atoms with van der Waals surface area (Å²) in [6.07, 6.45) is -1.63. The Labute approximate surface area is 231 Å². The predicted molar refractivity (Wildman–Crippen MR) is 149 cm³/mol. The largest absolute Gasteiger partial charge is 0.479 e. The van der Waals surface area contributed by atoms with Gasteiger partial charge >= 0.3 is 18.2 Å². The van der Waals surface area contributed by atoms with Gasteiger partial charge in [0.15, 0.2) is 6.10 Å². The second-order valence-corrected chi connectivity index (χ2v) is 11.4. The second kappa shape index (κ2) is 9.26. The van der Waals surface area contributed by atoms with Gasteiger partial charge in [-0.1, -0.05) is 66.7 Å². The van der Waals surface area contributed by atoms with Crippen LogP contribution >= 0.6 is 0 Å². The first-order chi connectivity index (χ1) is 19.1. The van der Waals surface area contributed by atoms with Crippen LogP contribution in [0.4, 0.5) is 9.59 Å². The average Bonchev–Trinajstić information content (AvgIpc) is 3.40. The lowest BCUT2D eigenvalue weighted by molar-refractivity contribution is -0.145. The molecule has 0 saturated heterocycles. The maximum absolute atomic E-state index is 13.4. The number of nitrogens with zero attached hydrogens (tertiary/aromatic N) is 1.